The summed E-state index contributed by atoms with van der Waals surface area (Å²) in [7, 11) is 0. The van der Waals surface area contributed by atoms with E-state index in [9.17, 15) is 8.78 Å². The maximum Gasteiger partial charge on any atom is 0.272 e. The van der Waals surface area contributed by atoms with Gasteiger partial charge < -0.3 is 4.74 Å². The van der Waals surface area contributed by atoms with E-state index in [1.54, 1.807) is 18.5 Å². The minimum absolute atomic E-state index is 0.469. The van der Waals surface area contributed by atoms with E-state index in [4.69, 9.17) is 4.74 Å². The van der Waals surface area contributed by atoms with Crippen molar-refractivity contribution in [2.75, 3.05) is 6.61 Å². The fraction of sp³-hybridized carbons (Fsp3) is 0.500. The van der Waals surface area contributed by atoms with Gasteiger partial charge in [-0.3, -0.25) is 4.98 Å². The molecular formula is C10H11F2NO. The van der Waals surface area contributed by atoms with Gasteiger partial charge in [0.2, 0.25) is 0 Å². The molecule has 0 radical (unpaired) electrons. The number of pyridine rings is 1. The first-order valence-electron chi connectivity index (χ1n) is 4.62. The maximum absolute atomic E-state index is 11.9. The summed E-state index contributed by atoms with van der Waals surface area (Å²) in [5.41, 5.74) is 0.966. The number of rotatable bonds is 4. The maximum atomic E-state index is 11.9. The molecule has 2 rings (SSSR count). The van der Waals surface area contributed by atoms with E-state index in [0.29, 0.717) is 11.7 Å². The van der Waals surface area contributed by atoms with Crippen LogP contribution in [0.25, 0.3) is 0 Å². The second-order valence-corrected chi connectivity index (χ2v) is 3.39. The van der Waals surface area contributed by atoms with Gasteiger partial charge in [-0.15, -0.1) is 0 Å². The van der Waals surface area contributed by atoms with Crippen LogP contribution in [0.1, 0.15) is 24.3 Å². The van der Waals surface area contributed by atoms with Gasteiger partial charge in [-0.25, -0.2) is 8.78 Å². The summed E-state index contributed by atoms with van der Waals surface area (Å²) < 4.78 is 28.9. The summed E-state index contributed by atoms with van der Waals surface area (Å²) in [6.45, 7) is -0.538. The quantitative estimate of drug-likeness (QED) is 0.743. The van der Waals surface area contributed by atoms with Crippen molar-refractivity contribution in [1.29, 1.82) is 0 Å². The highest BCUT2D eigenvalue weighted by Crippen LogP contribution is 2.43. The molecule has 1 heterocycles. The molecule has 2 nitrogen and oxygen atoms in total. The SMILES string of the molecule is FC(F)COc1ccncc1C1CC1. The zero-order valence-electron chi connectivity index (χ0n) is 7.62. The summed E-state index contributed by atoms with van der Waals surface area (Å²) >= 11 is 0. The summed E-state index contributed by atoms with van der Waals surface area (Å²) in [6, 6.07) is 1.65. The van der Waals surface area contributed by atoms with Crippen LogP contribution in [-0.4, -0.2) is 18.0 Å². The molecule has 0 bridgehead atoms. The first-order chi connectivity index (χ1) is 6.77. The molecule has 0 atom stereocenters. The Morgan fingerprint density at radius 3 is 2.93 bits per heavy atom. The van der Waals surface area contributed by atoms with Crippen molar-refractivity contribution < 1.29 is 13.5 Å². The molecule has 0 N–H and O–H groups in total. The first-order valence-corrected chi connectivity index (χ1v) is 4.62. The molecule has 14 heavy (non-hydrogen) atoms. The van der Waals surface area contributed by atoms with E-state index in [2.05, 4.69) is 4.98 Å². The molecule has 0 unspecified atom stereocenters. The van der Waals surface area contributed by atoms with Gasteiger partial charge in [0, 0.05) is 18.0 Å². The Bertz CT molecular complexity index is 313. The van der Waals surface area contributed by atoms with Crippen molar-refractivity contribution in [1.82, 2.24) is 4.98 Å². The Balaban J connectivity index is 2.07. The molecule has 0 spiro atoms. The lowest BCUT2D eigenvalue weighted by Crippen LogP contribution is -2.08. The number of hydrogen-bond acceptors (Lipinski definition) is 2. The average Bonchev–Trinajstić information content (AvgIpc) is 2.98. The highest BCUT2D eigenvalue weighted by atomic mass is 19.3. The van der Waals surface area contributed by atoms with Gasteiger partial charge in [-0.05, 0) is 24.8 Å². The second-order valence-electron chi connectivity index (χ2n) is 3.39. The molecule has 1 aromatic heterocycles. The highest BCUT2D eigenvalue weighted by Gasteiger charge is 2.27. The smallest absolute Gasteiger partial charge is 0.272 e. The summed E-state index contributed by atoms with van der Waals surface area (Å²) in [4.78, 5) is 3.97. The van der Waals surface area contributed by atoms with Crippen molar-refractivity contribution in [3.8, 4) is 5.75 Å². The van der Waals surface area contributed by atoms with Gasteiger partial charge in [-0.2, -0.15) is 0 Å². The number of nitrogens with zero attached hydrogens (tertiary/aromatic N) is 1. The summed E-state index contributed by atoms with van der Waals surface area (Å²) in [5, 5.41) is 0. The summed E-state index contributed by atoms with van der Waals surface area (Å²) in [5.74, 6) is 1.03. The van der Waals surface area contributed by atoms with Crippen LogP contribution in [0.4, 0.5) is 8.78 Å². The van der Waals surface area contributed by atoms with Crippen molar-refractivity contribution in [3.05, 3.63) is 24.0 Å². The van der Waals surface area contributed by atoms with E-state index in [0.717, 1.165) is 18.4 Å². The van der Waals surface area contributed by atoms with Crippen molar-refractivity contribution in [2.45, 2.75) is 25.2 Å². The van der Waals surface area contributed by atoms with Crippen molar-refractivity contribution >= 4 is 0 Å². The van der Waals surface area contributed by atoms with Gasteiger partial charge in [0.15, 0.2) is 0 Å². The largest absolute Gasteiger partial charge is 0.487 e. The number of aromatic nitrogens is 1. The second kappa shape index (κ2) is 3.90. The Hall–Kier alpha value is -1.19. The Labute approximate surface area is 80.9 Å². The topological polar surface area (TPSA) is 22.1 Å². The number of ether oxygens (including phenoxy) is 1. The minimum atomic E-state index is -2.42. The van der Waals surface area contributed by atoms with Crippen LogP contribution in [0, 0.1) is 0 Å². The monoisotopic (exact) mass is 199 g/mol. The molecular weight excluding hydrogens is 188 g/mol. The van der Waals surface area contributed by atoms with Crippen LogP contribution in [0.3, 0.4) is 0 Å². The lowest BCUT2D eigenvalue weighted by molar-refractivity contribution is 0.0813. The number of hydrogen-bond donors (Lipinski definition) is 0. The molecule has 1 aliphatic carbocycles. The van der Waals surface area contributed by atoms with Gasteiger partial charge in [0.1, 0.15) is 12.4 Å². The number of alkyl halides is 2. The number of halogens is 2. The molecule has 1 saturated carbocycles. The normalized spacial score (nSPS) is 15.9. The highest BCUT2D eigenvalue weighted by molar-refractivity contribution is 5.35. The summed E-state index contributed by atoms with van der Waals surface area (Å²) in [6.07, 6.45) is 3.06. The Kier molecular flexibility index (Phi) is 2.61. The Morgan fingerprint density at radius 2 is 2.29 bits per heavy atom. The zero-order valence-corrected chi connectivity index (χ0v) is 7.62. The third-order valence-corrected chi connectivity index (χ3v) is 2.19. The molecule has 76 valence electrons. The van der Waals surface area contributed by atoms with Gasteiger partial charge in [-0.1, -0.05) is 0 Å². The van der Waals surface area contributed by atoms with Crippen molar-refractivity contribution in [2.24, 2.45) is 0 Å². The third-order valence-electron chi connectivity index (χ3n) is 2.19. The lowest BCUT2D eigenvalue weighted by Gasteiger charge is -2.09. The fourth-order valence-electron chi connectivity index (χ4n) is 1.38. The first kappa shape index (κ1) is 9.37. The average molecular weight is 199 g/mol. The molecule has 0 aromatic carbocycles. The lowest BCUT2D eigenvalue weighted by atomic mass is 10.2. The van der Waals surface area contributed by atoms with Gasteiger partial charge in [0.05, 0.1) is 0 Å². The standard InChI is InChI=1S/C10H11F2NO/c11-10(12)6-14-9-3-4-13-5-8(9)7-1-2-7/h3-5,7,10H,1-2,6H2. The van der Waals surface area contributed by atoms with Crippen LogP contribution >= 0.6 is 0 Å². The van der Waals surface area contributed by atoms with E-state index >= 15 is 0 Å². The molecule has 1 aliphatic rings. The van der Waals surface area contributed by atoms with Crippen molar-refractivity contribution in [3.63, 3.8) is 0 Å². The van der Waals surface area contributed by atoms with E-state index in [1.807, 2.05) is 0 Å². The minimum Gasteiger partial charge on any atom is -0.487 e. The van der Waals surface area contributed by atoms with Gasteiger partial charge in [0.25, 0.3) is 6.43 Å². The van der Waals surface area contributed by atoms with Crippen LogP contribution in [0.15, 0.2) is 18.5 Å². The third kappa shape index (κ3) is 2.19. The molecule has 0 saturated heterocycles. The zero-order chi connectivity index (χ0) is 9.97. The Morgan fingerprint density at radius 1 is 1.50 bits per heavy atom. The fourth-order valence-corrected chi connectivity index (χ4v) is 1.38. The molecule has 1 aromatic rings. The van der Waals surface area contributed by atoms with Crippen LogP contribution in [-0.2, 0) is 0 Å². The van der Waals surface area contributed by atoms with Crippen LogP contribution in [0.2, 0.25) is 0 Å². The molecule has 0 amide bonds. The molecule has 0 aliphatic heterocycles. The van der Waals surface area contributed by atoms with Crippen LogP contribution in [0.5, 0.6) is 5.75 Å². The van der Waals surface area contributed by atoms with Gasteiger partial charge >= 0.3 is 0 Å². The van der Waals surface area contributed by atoms with Crippen LogP contribution < -0.4 is 4.74 Å². The predicted octanol–water partition coefficient (Wildman–Crippen LogP) is 2.60. The van der Waals surface area contributed by atoms with E-state index < -0.39 is 13.0 Å². The van der Waals surface area contributed by atoms with E-state index in [1.165, 1.54) is 0 Å². The van der Waals surface area contributed by atoms with E-state index in [-0.39, 0.29) is 0 Å². The molecule has 4 heteroatoms. The molecule has 1 fully saturated rings. The predicted molar refractivity (Wildman–Crippen MR) is 47.7 cm³/mol.